The highest BCUT2D eigenvalue weighted by atomic mass is 32.2. The number of carboxylic acid groups (broad SMARTS) is 1. The molecule has 0 aromatic carbocycles. The third kappa shape index (κ3) is 25.8. The molecule has 0 aromatic heterocycles. The lowest BCUT2D eigenvalue weighted by Gasteiger charge is -1.78. The lowest BCUT2D eigenvalue weighted by molar-refractivity contribution is -0.131. The van der Waals surface area contributed by atoms with Gasteiger partial charge in [0.05, 0.1) is 13.2 Å². The topological polar surface area (TPSA) is 77.8 Å². The zero-order valence-corrected chi connectivity index (χ0v) is 7.42. The van der Waals surface area contributed by atoms with Crippen LogP contribution in [-0.2, 0) is 4.79 Å². The lowest BCUT2D eigenvalue weighted by atomic mass is 10.7. The standard InChI is InChI=1S/C3H4O2S2.C2H6O2/c4-2(5)1-3(6)7;3-1-2-4/h1,6-7H,(H,4,5);3-4H,1-2H2. The second kappa shape index (κ2) is 9.83. The Morgan fingerprint density at radius 1 is 1.27 bits per heavy atom. The molecule has 0 radical (unpaired) electrons. The molecule has 0 aromatic rings. The van der Waals surface area contributed by atoms with Crippen molar-refractivity contribution in [3.05, 3.63) is 10.3 Å². The average Bonchev–Trinajstić information content (AvgIpc) is 1.85. The largest absolute Gasteiger partial charge is 0.478 e. The number of aliphatic hydroxyl groups is 2. The second-order valence-electron chi connectivity index (χ2n) is 1.29. The Labute approximate surface area is 75.4 Å². The van der Waals surface area contributed by atoms with Crippen molar-refractivity contribution in [1.29, 1.82) is 0 Å². The van der Waals surface area contributed by atoms with Gasteiger partial charge < -0.3 is 15.3 Å². The summed E-state index contributed by atoms with van der Waals surface area (Å²) in [6, 6.07) is 0. The third-order valence-electron chi connectivity index (χ3n) is 0.353. The van der Waals surface area contributed by atoms with E-state index < -0.39 is 5.97 Å². The maximum atomic E-state index is 9.64. The van der Waals surface area contributed by atoms with Crippen LogP contribution in [-0.4, -0.2) is 34.5 Å². The number of thiol groups is 2. The highest BCUT2D eigenvalue weighted by Crippen LogP contribution is 2.02. The van der Waals surface area contributed by atoms with E-state index in [1.165, 1.54) is 0 Å². The summed E-state index contributed by atoms with van der Waals surface area (Å²) in [4.78, 5) is 9.64. The SMILES string of the molecule is O=C(O)C=C(S)S.OCCO. The monoisotopic (exact) mass is 198 g/mol. The molecule has 4 nitrogen and oxygen atoms in total. The first-order valence-electron chi connectivity index (χ1n) is 2.58. The average molecular weight is 198 g/mol. The van der Waals surface area contributed by atoms with Gasteiger partial charge in [0, 0.05) is 10.3 Å². The number of carboxylic acids is 1. The van der Waals surface area contributed by atoms with Crippen LogP contribution in [0, 0.1) is 0 Å². The first kappa shape index (κ1) is 13.4. The highest BCUT2D eigenvalue weighted by molar-refractivity contribution is 8.05. The second-order valence-corrected chi connectivity index (χ2v) is 2.60. The number of hydrogen-bond acceptors (Lipinski definition) is 5. The fourth-order valence-corrected chi connectivity index (χ4v) is 0.331. The Bertz CT molecular complexity index is 128. The van der Waals surface area contributed by atoms with Crippen molar-refractivity contribution in [2.75, 3.05) is 13.2 Å². The van der Waals surface area contributed by atoms with Crippen LogP contribution in [0.3, 0.4) is 0 Å². The Balaban J connectivity index is 0. The van der Waals surface area contributed by atoms with E-state index in [9.17, 15) is 4.79 Å². The Kier molecular flexibility index (Phi) is 12.0. The third-order valence-corrected chi connectivity index (χ3v) is 0.611. The van der Waals surface area contributed by atoms with Crippen LogP contribution in [0.5, 0.6) is 0 Å². The summed E-state index contributed by atoms with van der Waals surface area (Å²) >= 11 is 7.16. The van der Waals surface area contributed by atoms with Gasteiger partial charge in [0.15, 0.2) is 0 Å². The van der Waals surface area contributed by atoms with Crippen molar-refractivity contribution in [2.24, 2.45) is 0 Å². The molecule has 0 heterocycles. The van der Waals surface area contributed by atoms with Gasteiger partial charge in [-0.05, 0) is 0 Å². The zero-order chi connectivity index (χ0) is 9.28. The van der Waals surface area contributed by atoms with Crippen molar-refractivity contribution in [3.8, 4) is 0 Å². The van der Waals surface area contributed by atoms with Gasteiger partial charge in [-0.3, -0.25) is 0 Å². The molecule has 0 aliphatic carbocycles. The number of carbonyl (C=O) groups is 1. The van der Waals surface area contributed by atoms with Crippen LogP contribution in [0.1, 0.15) is 0 Å². The first-order chi connectivity index (χ1) is 5.04. The molecule has 11 heavy (non-hydrogen) atoms. The molecule has 0 aliphatic heterocycles. The smallest absolute Gasteiger partial charge is 0.329 e. The van der Waals surface area contributed by atoms with Gasteiger partial charge in [0.2, 0.25) is 0 Å². The molecule has 0 saturated carbocycles. The van der Waals surface area contributed by atoms with Gasteiger partial charge in [-0.1, -0.05) is 0 Å². The van der Waals surface area contributed by atoms with Crippen LogP contribution < -0.4 is 0 Å². The summed E-state index contributed by atoms with van der Waals surface area (Å²) in [6.07, 6.45) is 0.895. The van der Waals surface area contributed by atoms with E-state index in [4.69, 9.17) is 15.3 Å². The van der Waals surface area contributed by atoms with Crippen molar-refractivity contribution < 1.29 is 20.1 Å². The number of aliphatic hydroxyl groups excluding tert-OH is 2. The molecule has 6 heteroatoms. The number of aliphatic carboxylic acids is 1. The Morgan fingerprint density at radius 2 is 1.64 bits per heavy atom. The van der Waals surface area contributed by atoms with Crippen LogP contribution in [0.2, 0.25) is 0 Å². The van der Waals surface area contributed by atoms with Crippen molar-refractivity contribution in [2.45, 2.75) is 0 Å². The van der Waals surface area contributed by atoms with Gasteiger partial charge in [-0.25, -0.2) is 4.79 Å². The van der Waals surface area contributed by atoms with Crippen molar-refractivity contribution >= 4 is 31.2 Å². The maximum Gasteiger partial charge on any atom is 0.329 e. The molecule has 0 spiro atoms. The molecule has 0 unspecified atom stereocenters. The quantitative estimate of drug-likeness (QED) is 0.313. The molecule has 0 fully saturated rings. The minimum Gasteiger partial charge on any atom is -0.478 e. The van der Waals surface area contributed by atoms with Crippen LogP contribution in [0.4, 0.5) is 0 Å². The molecule has 0 atom stereocenters. The number of rotatable bonds is 2. The summed E-state index contributed by atoms with van der Waals surface area (Å²) in [6.45, 7) is -0.250. The predicted molar refractivity (Wildman–Crippen MR) is 47.9 cm³/mol. The summed E-state index contributed by atoms with van der Waals surface area (Å²) in [5.41, 5.74) is 0. The van der Waals surface area contributed by atoms with E-state index in [1.54, 1.807) is 0 Å². The maximum absolute atomic E-state index is 9.64. The molecular formula is C5H10O4S2. The van der Waals surface area contributed by atoms with Crippen LogP contribution in [0.15, 0.2) is 10.3 Å². The highest BCUT2D eigenvalue weighted by Gasteiger charge is 1.85. The fraction of sp³-hybridized carbons (Fsp3) is 0.400. The Hall–Kier alpha value is -0.170. The van der Waals surface area contributed by atoms with Gasteiger partial charge in [0.1, 0.15) is 0 Å². The van der Waals surface area contributed by atoms with Crippen molar-refractivity contribution in [3.63, 3.8) is 0 Å². The predicted octanol–water partition coefficient (Wildman–Crippen LogP) is -0.257. The normalized spacial score (nSPS) is 7.64. The summed E-state index contributed by atoms with van der Waals surface area (Å²) in [5, 5.41) is 23.2. The molecule has 0 amide bonds. The first-order valence-corrected chi connectivity index (χ1v) is 3.48. The summed E-state index contributed by atoms with van der Waals surface area (Å²) in [7, 11) is 0. The fourth-order valence-electron chi connectivity index (χ4n) is 0.110. The minimum absolute atomic E-state index is 0.125. The van der Waals surface area contributed by atoms with E-state index in [2.05, 4.69) is 25.3 Å². The molecule has 0 aliphatic rings. The van der Waals surface area contributed by atoms with Gasteiger partial charge in [-0.2, -0.15) is 0 Å². The molecule has 3 N–H and O–H groups in total. The Morgan fingerprint density at radius 3 is 1.64 bits per heavy atom. The van der Waals surface area contributed by atoms with Gasteiger partial charge >= 0.3 is 5.97 Å². The van der Waals surface area contributed by atoms with E-state index in [0.29, 0.717) is 0 Å². The van der Waals surface area contributed by atoms with E-state index in [0.717, 1.165) is 6.08 Å². The minimum atomic E-state index is -1.03. The summed E-state index contributed by atoms with van der Waals surface area (Å²) in [5.74, 6) is -1.03. The van der Waals surface area contributed by atoms with Gasteiger partial charge in [-0.15, -0.1) is 25.3 Å². The van der Waals surface area contributed by atoms with Crippen LogP contribution in [0.25, 0.3) is 0 Å². The van der Waals surface area contributed by atoms with E-state index >= 15 is 0 Å². The van der Waals surface area contributed by atoms with Crippen LogP contribution >= 0.6 is 25.3 Å². The lowest BCUT2D eigenvalue weighted by Crippen LogP contribution is -1.85. The van der Waals surface area contributed by atoms with Crippen molar-refractivity contribution in [1.82, 2.24) is 0 Å². The molecular weight excluding hydrogens is 188 g/mol. The molecule has 0 rings (SSSR count). The van der Waals surface area contributed by atoms with E-state index in [1.807, 2.05) is 0 Å². The number of hydrogen-bond donors (Lipinski definition) is 5. The van der Waals surface area contributed by atoms with E-state index in [-0.39, 0.29) is 17.5 Å². The summed E-state index contributed by atoms with van der Waals surface area (Å²) < 4.78 is 0.201. The molecule has 0 saturated heterocycles. The molecule has 66 valence electrons. The van der Waals surface area contributed by atoms with Gasteiger partial charge in [0.25, 0.3) is 0 Å². The zero-order valence-electron chi connectivity index (χ0n) is 5.64. The molecule has 0 bridgehead atoms.